The highest BCUT2D eigenvalue weighted by Gasteiger charge is 2.25. The van der Waals surface area contributed by atoms with Crippen LogP contribution in [0.5, 0.6) is 0 Å². The highest BCUT2D eigenvalue weighted by Crippen LogP contribution is 2.28. The van der Waals surface area contributed by atoms with Crippen LogP contribution in [0.15, 0.2) is 28.0 Å². The molecular weight excluding hydrogens is 326 g/mol. The lowest BCUT2D eigenvalue weighted by Crippen LogP contribution is -2.35. The maximum Gasteiger partial charge on any atom is 0.230 e. The topological polar surface area (TPSA) is 90.2 Å². The van der Waals surface area contributed by atoms with Gasteiger partial charge in [-0.15, -0.1) is 10.2 Å². The monoisotopic (exact) mass is 349 g/mol. The van der Waals surface area contributed by atoms with E-state index >= 15 is 0 Å². The van der Waals surface area contributed by atoms with Gasteiger partial charge in [-0.1, -0.05) is 18.7 Å². The summed E-state index contributed by atoms with van der Waals surface area (Å²) in [7, 11) is 0. The Morgan fingerprint density at radius 3 is 2.83 bits per heavy atom. The van der Waals surface area contributed by atoms with Crippen molar-refractivity contribution >= 4 is 23.6 Å². The SMILES string of the molecule is CC1CCN(c2nnc(S[C@@H](C)C(N)=O)n2Cc2ccco2)CC1. The summed E-state index contributed by atoms with van der Waals surface area (Å²) in [4.78, 5) is 13.7. The molecule has 0 bridgehead atoms. The van der Waals surface area contributed by atoms with Gasteiger partial charge in [-0.2, -0.15) is 0 Å². The molecule has 7 nitrogen and oxygen atoms in total. The molecule has 3 rings (SSSR count). The third-order valence-electron chi connectivity index (χ3n) is 4.34. The molecule has 1 fully saturated rings. The van der Waals surface area contributed by atoms with Crippen molar-refractivity contribution in [1.82, 2.24) is 14.8 Å². The summed E-state index contributed by atoms with van der Waals surface area (Å²) in [5.74, 6) is 2.04. The van der Waals surface area contributed by atoms with Gasteiger partial charge in [0.1, 0.15) is 5.76 Å². The number of carbonyl (C=O) groups is 1. The Balaban J connectivity index is 1.87. The molecule has 0 saturated carbocycles. The molecule has 130 valence electrons. The van der Waals surface area contributed by atoms with Crippen molar-refractivity contribution in [3.8, 4) is 0 Å². The number of nitrogens with two attached hydrogens (primary N) is 1. The number of hydrogen-bond acceptors (Lipinski definition) is 6. The van der Waals surface area contributed by atoms with Gasteiger partial charge in [-0.25, -0.2) is 0 Å². The molecule has 2 aromatic heterocycles. The first-order chi connectivity index (χ1) is 11.5. The third kappa shape index (κ3) is 3.75. The van der Waals surface area contributed by atoms with Crippen LogP contribution in [-0.4, -0.2) is 39.0 Å². The van der Waals surface area contributed by atoms with E-state index in [2.05, 4.69) is 22.0 Å². The molecule has 0 radical (unpaired) electrons. The Labute approximate surface area is 145 Å². The van der Waals surface area contributed by atoms with Gasteiger partial charge in [0.15, 0.2) is 5.16 Å². The molecule has 0 unspecified atom stereocenters. The van der Waals surface area contributed by atoms with Crippen molar-refractivity contribution in [2.24, 2.45) is 11.7 Å². The van der Waals surface area contributed by atoms with Crippen LogP contribution in [0.25, 0.3) is 0 Å². The van der Waals surface area contributed by atoms with Crippen molar-refractivity contribution < 1.29 is 9.21 Å². The summed E-state index contributed by atoms with van der Waals surface area (Å²) in [6, 6.07) is 3.79. The quantitative estimate of drug-likeness (QED) is 0.804. The molecule has 1 amide bonds. The zero-order chi connectivity index (χ0) is 17.1. The van der Waals surface area contributed by atoms with E-state index in [1.165, 1.54) is 11.8 Å². The van der Waals surface area contributed by atoms with Crippen LogP contribution in [0.3, 0.4) is 0 Å². The van der Waals surface area contributed by atoms with Gasteiger partial charge >= 0.3 is 0 Å². The highest BCUT2D eigenvalue weighted by molar-refractivity contribution is 8.00. The van der Waals surface area contributed by atoms with Crippen LogP contribution in [0.4, 0.5) is 5.95 Å². The number of rotatable bonds is 6. The number of carbonyl (C=O) groups excluding carboxylic acids is 1. The van der Waals surface area contributed by atoms with E-state index in [0.717, 1.165) is 43.6 Å². The van der Waals surface area contributed by atoms with Crippen molar-refractivity contribution in [1.29, 1.82) is 0 Å². The first-order valence-corrected chi connectivity index (χ1v) is 9.09. The molecule has 2 N–H and O–H groups in total. The number of piperidine rings is 1. The van der Waals surface area contributed by atoms with Gasteiger partial charge < -0.3 is 15.1 Å². The zero-order valence-electron chi connectivity index (χ0n) is 14.0. The Morgan fingerprint density at radius 1 is 1.46 bits per heavy atom. The van der Waals surface area contributed by atoms with Gasteiger partial charge in [0.2, 0.25) is 11.9 Å². The minimum Gasteiger partial charge on any atom is -0.467 e. The van der Waals surface area contributed by atoms with Gasteiger partial charge in [-0.3, -0.25) is 9.36 Å². The maximum atomic E-state index is 11.4. The first kappa shape index (κ1) is 16.9. The molecule has 2 aromatic rings. The third-order valence-corrected chi connectivity index (χ3v) is 5.44. The van der Waals surface area contributed by atoms with Gasteiger partial charge in [-0.05, 0) is 37.8 Å². The summed E-state index contributed by atoms with van der Waals surface area (Å²) < 4.78 is 7.49. The predicted octanol–water partition coefficient (Wildman–Crippen LogP) is 2.12. The summed E-state index contributed by atoms with van der Waals surface area (Å²) in [5, 5.41) is 9.00. The smallest absolute Gasteiger partial charge is 0.230 e. The Hall–Kier alpha value is -1.96. The van der Waals surface area contributed by atoms with Crippen molar-refractivity contribution in [3.63, 3.8) is 0 Å². The molecule has 0 aliphatic carbocycles. The number of anilines is 1. The molecule has 24 heavy (non-hydrogen) atoms. The lowest BCUT2D eigenvalue weighted by atomic mass is 10.00. The molecule has 3 heterocycles. The summed E-state index contributed by atoms with van der Waals surface area (Å²) in [5.41, 5.74) is 5.39. The fourth-order valence-electron chi connectivity index (χ4n) is 2.72. The Morgan fingerprint density at radius 2 is 2.21 bits per heavy atom. The number of hydrogen-bond donors (Lipinski definition) is 1. The zero-order valence-corrected chi connectivity index (χ0v) is 14.8. The summed E-state index contributed by atoms with van der Waals surface area (Å²) >= 11 is 1.33. The molecule has 0 aromatic carbocycles. The second-order valence-electron chi connectivity index (χ2n) is 6.28. The number of thioether (sulfide) groups is 1. The van der Waals surface area contributed by atoms with Crippen molar-refractivity contribution in [3.05, 3.63) is 24.2 Å². The summed E-state index contributed by atoms with van der Waals surface area (Å²) in [6.07, 6.45) is 3.95. The average molecular weight is 349 g/mol. The standard InChI is InChI=1S/C16H23N5O2S/c1-11-5-7-20(8-6-11)15-18-19-16(24-12(2)14(17)22)21(15)10-13-4-3-9-23-13/h3-4,9,11-12H,5-8,10H2,1-2H3,(H2,17,22)/t12-/m0/s1. The first-order valence-electron chi connectivity index (χ1n) is 8.21. The average Bonchev–Trinajstić information content (AvgIpc) is 3.19. The molecular formula is C16H23N5O2S. The van der Waals surface area contributed by atoms with E-state index in [-0.39, 0.29) is 11.2 Å². The van der Waals surface area contributed by atoms with Crippen LogP contribution < -0.4 is 10.6 Å². The fourth-order valence-corrected chi connectivity index (χ4v) is 3.52. The minimum absolute atomic E-state index is 0.360. The van der Waals surface area contributed by atoms with Crippen LogP contribution in [0.1, 0.15) is 32.4 Å². The van der Waals surface area contributed by atoms with Gasteiger partial charge in [0.25, 0.3) is 0 Å². The highest BCUT2D eigenvalue weighted by atomic mass is 32.2. The second-order valence-corrected chi connectivity index (χ2v) is 7.59. The summed E-state index contributed by atoms with van der Waals surface area (Å²) in [6.45, 7) is 6.53. The molecule has 1 atom stereocenters. The van der Waals surface area contributed by atoms with Crippen LogP contribution in [0.2, 0.25) is 0 Å². The number of furan rings is 1. The van der Waals surface area contributed by atoms with Crippen LogP contribution in [0, 0.1) is 5.92 Å². The van der Waals surface area contributed by atoms with E-state index in [1.54, 1.807) is 13.2 Å². The fraction of sp³-hybridized carbons (Fsp3) is 0.562. The number of nitrogens with zero attached hydrogens (tertiary/aromatic N) is 4. The minimum atomic E-state index is -0.362. The number of amides is 1. The lowest BCUT2D eigenvalue weighted by molar-refractivity contribution is -0.117. The van der Waals surface area contributed by atoms with E-state index in [4.69, 9.17) is 10.2 Å². The molecule has 1 aliphatic heterocycles. The Kier molecular flexibility index (Phi) is 5.13. The van der Waals surface area contributed by atoms with Gasteiger partial charge in [0, 0.05) is 13.1 Å². The molecule has 8 heteroatoms. The molecule has 0 spiro atoms. The Bertz CT molecular complexity index is 677. The molecule has 1 saturated heterocycles. The largest absolute Gasteiger partial charge is 0.467 e. The molecule has 1 aliphatic rings. The normalized spacial score (nSPS) is 17.2. The van der Waals surface area contributed by atoms with E-state index in [9.17, 15) is 4.79 Å². The van der Waals surface area contributed by atoms with Gasteiger partial charge in [0.05, 0.1) is 18.1 Å². The maximum absolute atomic E-state index is 11.4. The van der Waals surface area contributed by atoms with E-state index in [0.29, 0.717) is 11.7 Å². The number of primary amides is 1. The van der Waals surface area contributed by atoms with Crippen LogP contribution in [-0.2, 0) is 11.3 Å². The predicted molar refractivity (Wildman–Crippen MR) is 93.0 cm³/mol. The number of aromatic nitrogens is 3. The lowest BCUT2D eigenvalue weighted by Gasteiger charge is -2.31. The van der Waals surface area contributed by atoms with E-state index < -0.39 is 0 Å². The van der Waals surface area contributed by atoms with E-state index in [1.807, 2.05) is 16.7 Å². The van der Waals surface area contributed by atoms with Crippen molar-refractivity contribution in [2.75, 3.05) is 18.0 Å². The van der Waals surface area contributed by atoms with Crippen molar-refractivity contribution in [2.45, 2.75) is 43.6 Å². The van der Waals surface area contributed by atoms with Crippen LogP contribution >= 0.6 is 11.8 Å². The second kappa shape index (κ2) is 7.29.